The van der Waals surface area contributed by atoms with Crippen LogP contribution in [0.4, 0.5) is 11.6 Å². The molecule has 1 aromatic heterocycles. The molecule has 0 amide bonds. The Hall–Kier alpha value is -0.770. The minimum atomic E-state index is 0.355. The number of rotatable bonds is 0. The second kappa shape index (κ2) is 0.974. The maximum Gasteiger partial charge on any atom is 0.216 e. The first-order valence-electron chi connectivity index (χ1n) is 2.14. The first-order chi connectivity index (χ1) is 3.79. The molecule has 0 unspecified atom stereocenters. The molecule has 2 heterocycles. The zero-order chi connectivity index (χ0) is 5.72. The number of anilines is 2. The molecule has 0 fully saturated rings. The van der Waals surface area contributed by atoms with Crippen LogP contribution in [0, 0.1) is 0 Å². The fourth-order valence-corrected chi connectivity index (χ4v) is 1.19. The van der Waals surface area contributed by atoms with E-state index in [0.29, 0.717) is 11.6 Å². The molecule has 1 aliphatic heterocycles. The van der Waals surface area contributed by atoms with Crippen LogP contribution in [0.25, 0.3) is 0 Å². The Morgan fingerprint density at radius 2 is 2.12 bits per heavy atom. The van der Waals surface area contributed by atoms with Crippen molar-refractivity contribution < 1.29 is 4.42 Å². The molecule has 2 rings (SSSR count). The lowest BCUT2D eigenvalue weighted by atomic mass is 10.5. The van der Waals surface area contributed by atoms with E-state index >= 15 is 0 Å². The molecule has 0 radical (unpaired) electrons. The van der Waals surface area contributed by atoms with E-state index in [-0.39, 0.29) is 0 Å². The van der Waals surface area contributed by atoms with Gasteiger partial charge in [0.15, 0.2) is 5.09 Å². The molecule has 4 N–H and O–H groups in total. The second-order valence-electron chi connectivity index (χ2n) is 1.60. The third-order valence-corrected chi connectivity index (χ3v) is 1.93. The Kier molecular flexibility index (Phi) is 0.504. The summed E-state index contributed by atoms with van der Waals surface area (Å²) in [5, 5.41) is 0.875. The molecule has 0 saturated carbocycles. The lowest BCUT2D eigenvalue weighted by Crippen LogP contribution is -1.89. The van der Waals surface area contributed by atoms with Crippen molar-refractivity contribution in [3.8, 4) is 0 Å². The highest BCUT2D eigenvalue weighted by Gasteiger charge is 2.30. The molecule has 0 bridgehead atoms. The van der Waals surface area contributed by atoms with Crippen LogP contribution in [0.5, 0.6) is 0 Å². The summed E-state index contributed by atoms with van der Waals surface area (Å²) in [6.07, 6.45) is 0. The van der Waals surface area contributed by atoms with Crippen LogP contribution in [0.1, 0.15) is 0 Å². The molecule has 0 atom stereocenters. The molecule has 1 aliphatic rings. The molecule has 1 aromatic rings. The number of hydrogen-bond donors (Lipinski definition) is 2. The third-order valence-electron chi connectivity index (χ3n) is 1.05. The fourth-order valence-electron chi connectivity index (χ4n) is 0.566. The van der Waals surface area contributed by atoms with Crippen LogP contribution >= 0.6 is 11.8 Å². The number of nitrogens with two attached hydrogens (primary N) is 2. The summed E-state index contributed by atoms with van der Waals surface area (Å²) in [4.78, 5) is 1.02. The summed E-state index contributed by atoms with van der Waals surface area (Å²) < 4.78 is 4.92. The first-order valence-corrected chi connectivity index (χ1v) is 2.96. The molecule has 0 aromatic carbocycles. The van der Waals surface area contributed by atoms with Crippen molar-refractivity contribution in [1.82, 2.24) is 0 Å². The Bertz CT molecular complexity index is 239. The van der Waals surface area contributed by atoms with Crippen molar-refractivity contribution in [2.75, 3.05) is 11.5 Å². The minimum absolute atomic E-state index is 0.355. The number of furan rings is 1. The highest BCUT2D eigenvalue weighted by atomic mass is 32.2. The van der Waals surface area contributed by atoms with Gasteiger partial charge in [0.2, 0.25) is 5.88 Å². The average molecular weight is 128 g/mol. The molecular weight excluding hydrogens is 124 g/mol. The van der Waals surface area contributed by atoms with E-state index in [1.54, 1.807) is 0 Å². The molecule has 8 heavy (non-hydrogen) atoms. The van der Waals surface area contributed by atoms with Gasteiger partial charge in [-0.15, -0.1) is 0 Å². The highest BCUT2D eigenvalue weighted by Crippen LogP contribution is 2.56. The molecular formula is C4H4N2OS. The van der Waals surface area contributed by atoms with Gasteiger partial charge in [-0.3, -0.25) is 0 Å². The van der Waals surface area contributed by atoms with E-state index in [4.69, 9.17) is 15.9 Å². The van der Waals surface area contributed by atoms with Gasteiger partial charge in [0.05, 0.1) is 4.90 Å². The summed E-state index contributed by atoms with van der Waals surface area (Å²) in [5.41, 5.74) is 11.3. The van der Waals surface area contributed by atoms with E-state index in [1.807, 2.05) is 0 Å². The van der Waals surface area contributed by atoms with E-state index < -0.39 is 0 Å². The highest BCUT2D eigenvalue weighted by molar-refractivity contribution is 8.04. The summed E-state index contributed by atoms with van der Waals surface area (Å²) in [5.74, 6) is 0.355. The lowest BCUT2D eigenvalue weighted by molar-refractivity contribution is 0.497. The van der Waals surface area contributed by atoms with Gasteiger partial charge in [0.1, 0.15) is 5.69 Å². The van der Waals surface area contributed by atoms with Gasteiger partial charge in [-0.2, -0.15) is 0 Å². The van der Waals surface area contributed by atoms with Crippen LogP contribution in [0.3, 0.4) is 0 Å². The van der Waals surface area contributed by atoms with Crippen molar-refractivity contribution in [3.63, 3.8) is 0 Å². The SMILES string of the molecule is Nc1oc2c(c1N)S2. The summed E-state index contributed by atoms with van der Waals surface area (Å²) in [7, 11) is 0. The second-order valence-corrected chi connectivity index (χ2v) is 2.58. The maximum absolute atomic E-state index is 5.41. The molecule has 3 nitrogen and oxygen atoms in total. The number of nitrogen functional groups attached to an aromatic ring is 2. The zero-order valence-corrected chi connectivity index (χ0v) is 4.79. The van der Waals surface area contributed by atoms with Crippen LogP contribution < -0.4 is 11.5 Å². The van der Waals surface area contributed by atoms with Crippen LogP contribution in [-0.2, 0) is 0 Å². The number of hydrogen-bond acceptors (Lipinski definition) is 4. The van der Waals surface area contributed by atoms with Crippen LogP contribution in [0.2, 0.25) is 0 Å². The van der Waals surface area contributed by atoms with Crippen LogP contribution in [-0.4, -0.2) is 0 Å². The van der Waals surface area contributed by atoms with Crippen molar-refractivity contribution in [3.05, 3.63) is 0 Å². The van der Waals surface area contributed by atoms with E-state index in [9.17, 15) is 0 Å². The topological polar surface area (TPSA) is 65.2 Å². The summed E-state index contributed by atoms with van der Waals surface area (Å²) >= 11 is 1.54. The van der Waals surface area contributed by atoms with Gasteiger partial charge in [-0.25, -0.2) is 0 Å². The number of fused-ring (bicyclic) bond motifs is 1. The van der Waals surface area contributed by atoms with Gasteiger partial charge in [0, 0.05) is 0 Å². The zero-order valence-electron chi connectivity index (χ0n) is 3.97. The third kappa shape index (κ3) is 0.315. The fraction of sp³-hybridized carbons (Fsp3) is 0. The lowest BCUT2D eigenvalue weighted by Gasteiger charge is -1.85. The van der Waals surface area contributed by atoms with Crippen molar-refractivity contribution in [2.45, 2.75) is 9.99 Å². The van der Waals surface area contributed by atoms with E-state index in [2.05, 4.69) is 0 Å². The molecule has 0 spiro atoms. The molecule has 42 valence electrons. The van der Waals surface area contributed by atoms with Crippen molar-refractivity contribution >= 4 is 23.3 Å². The smallest absolute Gasteiger partial charge is 0.216 e. The van der Waals surface area contributed by atoms with Crippen LogP contribution in [0.15, 0.2) is 14.4 Å². The van der Waals surface area contributed by atoms with Gasteiger partial charge < -0.3 is 15.9 Å². The average Bonchev–Trinajstić information content (AvgIpc) is 2.39. The van der Waals surface area contributed by atoms with Gasteiger partial charge in [0.25, 0.3) is 0 Å². The Morgan fingerprint density at radius 3 is 2.38 bits per heavy atom. The summed E-state index contributed by atoms with van der Waals surface area (Å²) in [6, 6.07) is 0. The Morgan fingerprint density at radius 1 is 1.38 bits per heavy atom. The van der Waals surface area contributed by atoms with Gasteiger partial charge in [-0.05, 0) is 11.8 Å². The van der Waals surface area contributed by atoms with Crippen molar-refractivity contribution in [2.24, 2.45) is 0 Å². The predicted molar refractivity (Wildman–Crippen MR) is 31.7 cm³/mol. The quantitative estimate of drug-likeness (QED) is 0.517. The standard InChI is InChI=1S/C4H4N2OS/c5-1-2-4(8-2)7-3(1)6/h5-6H2. The van der Waals surface area contributed by atoms with Gasteiger partial charge >= 0.3 is 0 Å². The summed E-state index contributed by atoms with van der Waals surface area (Å²) in [6.45, 7) is 0. The molecule has 4 heteroatoms. The largest absolute Gasteiger partial charge is 0.431 e. The normalized spacial score (nSPS) is 13.5. The maximum atomic E-state index is 5.41. The monoisotopic (exact) mass is 128 g/mol. The molecule has 0 aliphatic carbocycles. The molecule has 0 saturated heterocycles. The minimum Gasteiger partial charge on any atom is -0.431 e. The van der Waals surface area contributed by atoms with E-state index in [1.165, 1.54) is 11.8 Å². The van der Waals surface area contributed by atoms with Crippen molar-refractivity contribution in [1.29, 1.82) is 0 Å². The van der Waals surface area contributed by atoms with E-state index in [0.717, 1.165) is 9.99 Å². The Labute approximate surface area is 50.0 Å². The predicted octanol–water partition coefficient (Wildman–Crippen LogP) is 0.909. The van der Waals surface area contributed by atoms with Gasteiger partial charge in [-0.1, -0.05) is 0 Å². The first kappa shape index (κ1) is 4.14. The Balaban J connectivity index is 2.71.